The molecule has 0 saturated heterocycles. The molecule has 1 heterocycles. The molecular weight excluding hydrogens is 392 g/mol. The van der Waals surface area contributed by atoms with Gasteiger partial charge in [-0.05, 0) is 12.0 Å². The van der Waals surface area contributed by atoms with E-state index in [2.05, 4.69) is 21.7 Å². The van der Waals surface area contributed by atoms with E-state index in [0.29, 0.717) is 13.0 Å². The standard InChI is InChI=1S/C25H24N2O2S/c28-30(29,19-21-11-4-1-5-12-21)18-10-17-27-20-26-24(22-13-6-2-7-14-22)25(27)23-15-8-3-9-16-23/h1-9,11-16,20H,10,17-19H2. The van der Waals surface area contributed by atoms with Crippen LogP contribution in [0.1, 0.15) is 12.0 Å². The molecule has 4 rings (SSSR count). The first-order valence-electron chi connectivity index (χ1n) is 10.0. The van der Waals surface area contributed by atoms with Gasteiger partial charge in [0, 0.05) is 17.7 Å². The van der Waals surface area contributed by atoms with Crippen LogP contribution in [-0.2, 0) is 22.1 Å². The molecule has 0 atom stereocenters. The van der Waals surface area contributed by atoms with Gasteiger partial charge in [0.25, 0.3) is 0 Å². The van der Waals surface area contributed by atoms with Gasteiger partial charge >= 0.3 is 0 Å². The van der Waals surface area contributed by atoms with E-state index in [9.17, 15) is 8.42 Å². The summed E-state index contributed by atoms with van der Waals surface area (Å²) in [5.74, 6) is 0.230. The lowest BCUT2D eigenvalue weighted by Crippen LogP contribution is -2.12. The van der Waals surface area contributed by atoms with Gasteiger partial charge in [-0.25, -0.2) is 13.4 Å². The first kappa shape index (κ1) is 20.1. The lowest BCUT2D eigenvalue weighted by Gasteiger charge is -2.11. The van der Waals surface area contributed by atoms with Crippen molar-refractivity contribution >= 4 is 9.84 Å². The quantitative estimate of drug-likeness (QED) is 0.396. The van der Waals surface area contributed by atoms with Gasteiger partial charge in [0.15, 0.2) is 9.84 Å². The van der Waals surface area contributed by atoms with Gasteiger partial charge < -0.3 is 4.57 Å². The molecular formula is C25H24N2O2S. The average molecular weight is 417 g/mol. The fraction of sp³-hybridized carbons (Fsp3) is 0.160. The number of sulfone groups is 1. The minimum absolute atomic E-state index is 0.0819. The van der Waals surface area contributed by atoms with Crippen molar-refractivity contribution in [3.8, 4) is 22.5 Å². The van der Waals surface area contributed by atoms with E-state index in [1.54, 1.807) is 0 Å². The predicted octanol–water partition coefficient (Wildman–Crippen LogP) is 5.22. The summed E-state index contributed by atoms with van der Waals surface area (Å²) >= 11 is 0. The number of hydrogen-bond acceptors (Lipinski definition) is 3. The number of nitrogens with zero attached hydrogens (tertiary/aromatic N) is 2. The molecule has 0 bridgehead atoms. The van der Waals surface area contributed by atoms with Crippen LogP contribution >= 0.6 is 0 Å². The molecule has 0 spiro atoms. The zero-order valence-electron chi connectivity index (χ0n) is 16.7. The Morgan fingerprint density at radius 2 is 1.30 bits per heavy atom. The third-order valence-corrected chi connectivity index (χ3v) is 6.70. The van der Waals surface area contributed by atoms with Crippen molar-refractivity contribution < 1.29 is 8.42 Å². The summed E-state index contributed by atoms with van der Waals surface area (Å²) in [5, 5.41) is 0. The van der Waals surface area contributed by atoms with E-state index >= 15 is 0 Å². The van der Waals surface area contributed by atoms with Crippen LogP contribution in [0.3, 0.4) is 0 Å². The molecule has 0 saturated carbocycles. The second kappa shape index (κ2) is 9.09. The van der Waals surface area contributed by atoms with E-state index in [0.717, 1.165) is 28.1 Å². The fourth-order valence-corrected chi connectivity index (χ4v) is 5.03. The molecule has 0 fully saturated rings. The summed E-state index contributed by atoms with van der Waals surface area (Å²) < 4.78 is 27.2. The van der Waals surface area contributed by atoms with Crippen LogP contribution in [0.5, 0.6) is 0 Å². The monoisotopic (exact) mass is 416 g/mol. The normalized spacial score (nSPS) is 11.5. The average Bonchev–Trinajstić information content (AvgIpc) is 3.19. The molecule has 30 heavy (non-hydrogen) atoms. The summed E-state index contributed by atoms with van der Waals surface area (Å²) in [7, 11) is -3.16. The Morgan fingerprint density at radius 3 is 1.93 bits per heavy atom. The van der Waals surface area contributed by atoms with Crippen LogP contribution in [0.2, 0.25) is 0 Å². The first-order chi connectivity index (χ1) is 14.6. The molecule has 0 aliphatic carbocycles. The Balaban J connectivity index is 1.54. The summed E-state index contributed by atoms with van der Waals surface area (Å²) in [6.07, 6.45) is 2.36. The number of hydrogen-bond donors (Lipinski definition) is 0. The van der Waals surface area contributed by atoms with Gasteiger partial charge in [-0.2, -0.15) is 0 Å². The molecule has 0 radical (unpaired) electrons. The van der Waals surface area contributed by atoms with Crippen molar-refractivity contribution in [3.63, 3.8) is 0 Å². The third-order valence-electron chi connectivity index (χ3n) is 5.02. The Kier molecular flexibility index (Phi) is 6.10. The Bertz CT molecular complexity index is 1190. The molecule has 4 nitrogen and oxygen atoms in total. The maximum absolute atomic E-state index is 12.5. The van der Waals surface area contributed by atoms with Crippen molar-refractivity contribution in [2.24, 2.45) is 0 Å². The molecule has 0 aliphatic rings. The maximum atomic E-state index is 12.5. The summed E-state index contributed by atoms with van der Waals surface area (Å²) in [5.41, 5.74) is 4.88. The van der Waals surface area contributed by atoms with E-state index in [4.69, 9.17) is 0 Å². The van der Waals surface area contributed by atoms with Gasteiger partial charge in [0.2, 0.25) is 0 Å². The molecule has 0 unspecified atom stereocenters. The lowest BCUT2D eigenvalue weighted by molar-refractivity contribution is 0.586. The highest BCUT2D eigenvalue weighted by Gasteiger charge is 2.16. The maximum Gasteiger partial charge on any atom is 0.154 e. The number of aryl methyl sites for hydroxylation is 1. The van der Waals surface area contributed by atoms with Crippen LogP contribution in [0.4, 0.5) is 0 Å². The molecule has 4 aromatic rings. The predicted molar refractivity (Wildman–Crippen MR) is 122 cm³/mol. The molecule has 152 valence electrons. The van der Waals surface area contributed by atoms with Gasteiger partial charge in [-0.1, -0.05) is 91.0 Å². The molecule has 5 heteroatoms. The Labute approximate surface area is 177 Å². The Hall–Kier alpha value is -3.18. The van der Waals surface area contributed by atoms with Crippen molar-refractivity contribution in [2.45, 2.75) is 18.7 Å². The largest absolute Gasteiger partial charge is 0.330 e. The molecule has 3 aromatic carbocycles. The van der Waals surface area contributed by atoms with Gasteiger partial charge in [0.05, 0.1) is 29.2 Å². The molecule has 1 aromatic heterocycles. The number of rotatable bonds is 8. The second-order valence-electron chi connectivity index (χ2n) is 7.30. The first-order valence-corrected chi connectivity index (χ1v) is 11.8. The number of imidazole rings is 1. The van der Waals surface area contributed by atoms with Crippen LogP contribution in [0.25, 0.3) is 22.5 Å². The van der Waals surface area contributed by atoms with Crippen molar-refractivity contribution in [3.05, 3.63) is 103 Å². The topological polar surface area (TPSA) is 52.0 Å². The smallest absolute Gasteiger partial charge is 0.154 e. The number of benzene rings is 3. The van der Waals surface area contributed by atoms with Crippen LogP contribution in [-0.4, -0.2) is 23.7 Å². The van der Waals surface area contributed by atoms with E-state index in [-0.39, 0.29) is 11.5 Å². The summed E-state index contributed by atoms with van der Waals surface area (Å²) in [6.45, 7) is 0.595. The van der Waals surface area contributed by atoms with E-state index < -0.39 is 9.84 Å². The number of aromatic nitrogens is 2. The minimum atomic E-state index is -3.16. The van der Waals surface area contributed by atoms with E-state index in [1.807, 2.05) is 85.2 Å². The second-order valence-corrected chi connectivity index (χ2v) is 9.48. The van der Waals surface area contributed by atoms with Gasteiger partial charge in [-0.3, -0.25) is 0 Å². The lowest BCUT2D eigenvalue weighted by atomic mass is 10.0. The van der Waals surface area contributed by atoms with E-state index in [1.165, 1.54) is 0 Å². The summed E-state index contributed by atoms with van der Waals surface area (Å²) in [4.78, 5) is 4.66. The minimum Gasteiger partial charge on any atom is -0.330 e. The fourth-order valence-electron chi connectivity index (χ4n) is 3.61. The highest BCUT2D eigenvalue weighted by Crippen LogP contribution is 2.31. The zero-order chi connectivity index (χ0) is 20.8. The van der Waals surface area contributed by atoms with Gasteiger partial charge in [-0.15, -0.1) is 0 Å². The van der Waals surface area contributed by atoms with Gasteiger partial charge in [0.1, 0.15) is 0 Å². The highest BCUT2D eigenvalue weighted by molar-refractivity contribution is 7.90. The molecule has 0 aliphatic heterocycles. The zero-order valence-corrected chi connectivity index (χ0v) is 17.5. The third kappa shape index (κ3) is 4.86. The highest BCUT2D eigenvalue weighted by atomic mass is 32.2. The van der Waals surface area contributed by atoms with Crippen molar-refractivity contribution in [1.29, 1.82) is 0 Å². The molecule has 0 N–H and O–H groups in total. The van der Waals surface area contributed by atoms with Crippen LogP contribution in [0, 0.1) is 0 Å². The molecule has 0 amide bonds. The van der Waals surface area contributed by atoms with Crippen molar-refractivity contribution in [1.82, 2.24) is 9.55 Å². The Morgan fingerprint density at radius 1 is 0.733 bits per heavy atom. The summed E-state index contributed by atoms with van der Waals surface area (Å²) in [6, 6.07) is 29.5. The van der Waals surface area contributed by atoms with Crippen LogP contribution in [0.15, 0.2) is 97.3 Å². The van der Waals surface area contributed by atoms with Crippen molar-refractivity contribution in [2.75, 3.05) is 5.75 Å². The van der Waals surface area contributed by atoms with Crippen LogP contribution < -0.4 is 0 Å². The SMILES string of the molecule is O=S(=O)(CCCn1cnc(-c2ccccc2)c1-c1ccccc1)Cc1ccccc1.